The quantitative estimate of drug-likeness (QED) is 0.908. The van der Waals surface area contributed by atoms with Crippen molar-refractivity contribution in [3.63, 3.8) is 0 Å². The van der Waals surface area contributed by atoms with E-state index in [4.69, 9.17) is 17.3 Å². The van der Waals surface area contributed by atoms with Gasteiger partial charge in [0, 0.05) is 24.2 Å². The van der Waals surface area contributed by atoms with Gasteiger partial charge in [-0.3, -0.25) is 0 Å². The van der Waals surface area contributed by atoms with Crippen LogP contribution in [0.15, 0.2) is 23.1 Å². The van der Waals surface area contributed by atoms with Gasteiger partial charge in [-0.05, 0) is 49.3 Å². The highest BCUT2D eigenvalue weighted by Crippen LogP contribution is 2.39. The van der Waals surface area contributed by atoms with Gasteiger partial charge in [0.2, 0.25) is 10.0 Å². The highest BCUT2D eigenvalue weighted by atomic mass is 35.5. The molecule has 0 radical (unpaired) electrons. The molecule has 0 bridgehead atoms. The van der Waals surface area contributed by atoms with Crippen LogP contribution in [-0.4, -0.2) is 31.9 Å². The van der Waals surface area contributed by atoms with Gasteiger partial charge in [0.1, 0.15) is 0 Å². The molecule has 3 atom stereocenters. The number of benzene rings is 1. The molecular weight excluding hydrogens is 296 g/mol. The molecular formula is C14H19ClN2O2S. The summed E-state index contributed by atoms with van der Waals surface area (Å²) in [6, 6.07) is 5.17. The van der Waals surface area contributed by atoms with Gasteiger partial charge in [0.25, 0.3) is 0 Å². The fraction of sp³-hybridized carbons (Fsp3) is 0.571. The predicted molar refractivity (Wildman–Crippen MR) is 79.1 cm³/mol. The fourth-order valence-electron chi connectivity index (χ4n) is 3.47. The lowest BCUT2D eigenvalue weighted by Crippen LogP contribution is -2.33. The lowest BCUT2D eigenvalue weighted by Gasteiger charge is -2.20. The molecule has 0 amide bonds. The number of hydrogen-bond acceptors (Lipinski definition) is 3. The zero-order valence-electron chi connectivity index (χ0n) is 11.4. The van der Waals surface area contributed by atoms with E-state index in [1.807, 2.05) is 0 Å². The van der Waals surface area contributed by atoms with E-state index < -0.39 is 10.0 Å². The normalized spacial score (nSPS) is 30.6. The van der Waals surface area contributed by atoms with Crippen LogP contribution in [-0.2, 0) is 10.0 Å². The molecule has 1 aromatic rings. The fourth-order valence-corrected chi connectivity index (χ4v) is 5.48. The maximum atomic E-state index is 12.8. The Balaban J connectivity index is 1.92. The Morgan fingerprint density at radius 1 is 1.30 bits per heavy atom. The van der Waals surface area contributed by atoms with E-state index in [0.29, 0.717) is 40.4 Å². The van der Waals surface area contributed by atoms with Crippen molar-refractivity contribution >= 4 is 21.6 Å². The average molecular weight is 315 g/mol. The third kappa shape index (κ3) is 2.17. The summed E-state index contributed by atoms with van der Waals surface area (Å²) in [7, 11) is -3.46. The smallest absolute Gasteiger partial charge is 0.243 e. The minimum absolute atomic E-state index is 0.139. The van der Waals surface area contributed by atoms with E-state index in [-0.39, 0.29) is 6.04 Å². The van der Waals surface area contributed by atoms with E-state index in [9.17, 15) is 8.42 Å². The van der Waals surface area contributed by atoms with Gasteiger partial charge >= 0.3 is 0 Å². The number of halogens is 1. The molecule has 3 rings (SSSR count). The zero-order valence-corrected chi connectivity index (χ0v) is 13.0. The maximum absolute atomic E-state index is 12.8. The number of fused-ring (bicyclic) bond motifs is 1. The first kappa shape index (κ1) is 14.3. The lowest BCUT2D eigenvalue weighted by molar-refractivity contribution is 0.427. The monoisotopic (exact) mass is 314 g/mol. The molecule has 0 spiro atoms. The summed E-state index contributed by atoms with van der Waals surface area (Å²) >= 11 is 6.04. The summed E-state index contributed by atoms with van der Waals surface area (Å²) in [4.78, 5) is 0.318. The molecule has 1 aliphatic heterocycles. The van der Waals surface area contributed by atoms with Crippen LogP contribution >= 0.6 is 11.6 Å². The van der Waals surface area contributed by atoms with Gasteiger partial charge in [-0.25, -0.2) is 8.42 Å². The Kier molecular flexibility index (Phi) is 3.57. The molecule has 2 aliphatic rings. The summed E-state index contributed by atoms with van der Waals surface area (Å²) in [6.07, 6.45) is 2.05. The third-order valence-electron chi connectivity index (χ3n) is 4.71. The van der Waals surface area contributed by atoms with E-state index in [2.05, 4.69) is 0 Å². The van der Waals surface area contributed by atoms with Crippen LogP contribution in [0, 0.1) is 18.8 Å². The van der Waals surface area contributed by atoms with Crippen LogP contribution in [0.5, 0.6) is 0 Å². The second-order valence-electron chi connectivity index (χ2n) is 5.85. The zero-order chi connectivity index (χ0) is 14.5. The van der Waals surface area contributed by atoms with Gasteiger partial charge in [-0.15, -0.1) is 0 Å². The van der Waals surface area contributed by atoms with Crippen molar-refractivity contribution < 1.29 is 8.42 Å². The minimum atomic E-state index is -3.46. The molecule has 20 heavy (non-hydrogen) atoms. The molecule has 2 fully saturated rings. The van der Waals surface area contributed by atoms with Crippen LogP contribution in [0.1, 0.15) is 18.4 Å². The first-order chi connectivity index (χ1) is 9.41. The topological polar surface area (TPSA) is 63.4 Å². The summed E-state index contributed by atoms with van der Waals surface area (Å²) in [5.41, 5.74) is 6.70. The summed E-state index contributed by atoms with van der Waals surface area (Å²) in [6.45, 7) is 2.88. The predicted octanol–water partition coefficient (Wildman–Crippen LogP) is 2.01. The highest BCUT2D eigenvalue weighted by Gasteiger charge is 2.45. The second-order valence-corrected chi connectivity index (χ2v) is 8.16. The molecule has 0 aromatic heterocycles. The van der Waals surface area contributed by atoms with Crippen molar-refractivity contribution in [3.05, 3.63) is 28.8 Å². The molecule has 1 heterocycles. The van der Waals surface area contributed by atoms with Gasteiger partial charge < -0.3 is 5.73 Å². The number of nitrogens with zero attached hydrogens (tertiary/aromatic N) is 1. The number of sulfonamides is 1. The molecule has 3 unspecified atom stereocenters. The summed E-state index contributed by atoms with van der Waals surface area (Å²) < 4.78 is 27.1. The Bertz CT molecular complexity index is 632. The number of rotatable bonds is 2. The molecule has 1 aliphatic carbocycles. The van der Waals surface area contributed by atoms with Crippen molar-refractivity contribution in [1.29, 1.82) is 0 Å². The largest absolute Gasteiger partial charge is 0.327 e. The Morgan fingerprint density at radius 2 is 2.05 bits per heavy atom. The van der Waals surface area contributed by atoms with E-state index in [1.54, 1.807) is 29.4 Å². The van der Waals surface area contributed by atoms with Crippen molar-refractivity contribution in [3.8, 4) is 0 Å². The first-order valence-electron chi connectivity index (χ1n) is 6.92. The van der Waals surface area contributed by atoms with Gasteiger partial charge in [0.15, 0.2) is 0 Å². The lowest BCUT2D eigenvalue weighted by atomic mass is 9.98. The highest BCUT2D eigenvalue weighted by molar-refractivity contribution is 7.89. The minimum Gasteiger partial charge on any atom is -0.327 e. The summed E-state index contributed by atoms with van der Waals surface area (Å²) in [5, 5.41) is 0.488. The molecule has 1 aromatic carbocycles. The van der Waals surface area contributed by atoms with E-state index >= 15 is 0 Å². The van der Waals surface area contributed by atoms with Crippen LogP contribution in [0.2, 0.25) is 5.02 Å². The van der Waals surface area contributed by atoms with Crippen molar-refractivity contribution in [2.75, 3.05) is 13.1 Å². The second kappa shape index (κ2) is 4.98. The molecule has 1 saturated carbocycles. The van der Waals surface area contributed by atoms with Crippen molar-refractivity contribution in [1.82, 2.24) is 4.31 Å². The molecule has 1 saturated heterocycles. The van der Waals surface area contributed by atoms with E-state index in [0.717, 1.165) is 12.8 Å². The summed E-state index contributed by atoms with van der Waals surface area (Å²) in [5.74, 6) is 0.725. The van der Waals surface area contributed by atoms with Crippen LogP contribution in [0.4, 0.5) is 0 Å². The Labute approximate surface area is 125 Å². The van der Waals surface area contributed by atoms with E-state index in [1.165, 1.54) is 0 Å². The van der Waals surface area contributed by atoms with Gasteiger partial charge in [0.05, 0.1) is 4.90 Å². The number of hydrogen-bond donors (Lipinski definition) is 1. The number of nitrogens with two attached hydrogens (primary N) is 1. The molecule has 4 nitrogen and oxygen atoms in total. The van der Waals surface area contributed by atoms with Crippen LogP contribution in [0.25, 0.3) is 0 Å². The standard InChI is InChI=1S/C14H19ClN2O2S/c1-9-12(15)3-2-4-14(9)20(18,19)17-7-10-5-6-13(16)11(10)8-17/h2-4,10-11,13H,5-8,16H2,1H3. The van der Waals surface area contributed by atoms with Gasteiger partial charge in [-0.1, -0.05) is 17.7 Å². The molecule has 110 valence electrons. The molecule has 2 N–H and O–H groups in total. The van der Waals surface area contributed by atoms with Crippen molar-refractivity contribution in [2.24, 2.45) is 17.6 Å². The van der Waals surface area contributed by atoms with Crippen LogP contribution in [0.3, 0.4) is 0 Å². The molecule has 6 heteroatoms. The third-order valence-corrected chi connectivity index (χ3v) is 7.10. The Morgan fingerprint density at radius 3 is 2.75 bits per heavy atom. The van der Waals surface area contributed by atoms with Crippen molar-refractivity contribution in [2.45, 2.75) is 30.7 Å². The average Bonchev–Trinajstić information content (AvgIpc) is 2.96. The SMILES string of the molecule is Cc1c(Cl)cccc1S(=O)(=O)N1CC2CCC(N)C2C1. The Hall–Kier alpha value is -0.620. The van der Waals surface area contributed by atoms with Crippen LogP contribution < -0.4 is 5.73 Å². The maximum Gasteiger partial charge on any atom is 0.243 e. The van der Waals surface area contributed by atoms with Gasteiger partial charge in [-0.2, -0.15) is 4.31 Å². The first-order valence-corrected chi connectivity index (χ1v) is 8.74.